The maximum Gasteiger partial charge on any atom is 0.225 e. The van der Waals surface area contributed by atoms with Gasteiger partial charge in [0.1, 0.15) is 5.82 Å². The van der Waals surface area contributed by atoms with Crippen molar-refractivity contribution in [1.29, 1.82) is 0 Å². The minimum atomic E-state index is -0.231. The quantitative estimate of drug-likeness (QED) is 0.913. The van der Waals surface area contributed by atoms with E-state index in [0.717, 1.165) is 57.3 Å². The highest BCUT2D eigenvalue weighted by Crippen LogP contribution is 2.34. The Morgan fingerprint density at radius 2 is 2.12 bits per heavy atom. The van der Waals surface area contributed by atoms with Gasteiger partial charge in [0.05, 0.1) is 25.2 Å². The van der Waals surface area contributed by atoms with Crippen molar-refractivity contribution in [1.82, 2.24) is 19.8 Å². The Bertz CT molecular complexity index is 547. The minimum Gasteiger partial charge on any atom is -0.373 e. The Balaban J connectivity index is 1.32. The molecule has 1 saturated carbocycles. The van der Waals surface area contributed by atoms with Crippen molar-refractivity contribution in [3.8, 4) is 0 Å². The van der Waals surface area contributed by atoms with Gasteiger partial charge in [0.25, 0.3) is 0 Å². The molecule has 1 N–H and O–H groups in total. The van der Waals surface area contributed by atoms with Crippen LogP contribution in [0.2, 0.25) is 0 Å². The first-order chi connectivity index (χ1) is 11.7. The zero-order valence-corrected chi connectivity index (χ0v) is 14.4. The first kappa shape index (κ1) is 16.1. The fraction of sp³-hybridized carbons (Fsp3) is 0.778. The Hall–Kier alpha value is -1.40. The third-order valence-corrected chi connectivity index (χ3v) is 5.99. The number of amides is 1. The SMILES string of the molecule is O=C1CC2(CCN(Cc3ncc[nH]3)CC2)OCCN1CC1CCC1. The molecule has 2 aliphatic heterocycles. The third-order valence-electron chi connectivity index (χ3n) is 5.99. The second-order valence-corrected chi connectivity index (χ2v) is 7.66. The molecule has 1 aromatic rings. The van der Waals surface area contributed by atoms with Gasteiger partial charge in [-0.25, -0.2) is 4.98 Å². The van der Waals surface area contributed by atoms with Crippen molar-refractivity contribution < 1.29 is 9.53 Å². The van der Waals surface area contributed by atoms with Crippen LogP contribution in [0, 0.1) is 5.92 Å². The molecule has 0 radical (unpaired) electrons. The summed E-state index contributed by atoms with van der Waals surface area (Å²) in [5.41, 5.74) is -0.231. The second-order valence-electron chi connectivity index (χ2n) is 7.66. The van der Waals surface area contributed by atoms with Crippen LogP contribution in [0.15, 0.2) is 12.4 Å². The lowest BCUT2D eigenvalue weighted by Crippen LogP contribution is -2.47. The van der Waals surface area contributed by atoms with Crippen LogP contribution < -0.4 is 0 Å². The first-order valence-electron chi connectivity index (χ1n) is 9.35. The molecule has 0 bridgehead atoms. The minimum absolute atomic E-state index is 0.231. The molecule has 6 nitrogen and oxygen atoms in total. The highest BCUT2D eigenvalue weighted by molar-refractivity contribution is 5.77. The molecule has 1 aliphatic carbocycles. The van der Waals surface area contributed by atoms with Crippen molar-refractivity contribution in [2.24, 2.45) is 5.92 Å². The summed E-state index contributed by atoms with van der Waals surface area (Å²) in [6.07, 6.45) is 10.0. The van der Waals surface area contributed by atoms with Gasteiger partial charge in [0.2, 0.25) is 5.91 Å². The molecule has 3 heterocycles. The molecule has 3 fully saturated rings. The number of nitrogens with one attached hydrogen (secondary N) is 1. The third kappa shape index (κ3) is 3.49. The fourth-order valence-electron chi connectivity index (χ4n) is 4.15. The van der Waals surface area contributed by atoms with E-state index in [1.807, 2.05) is 6.20 Å². The number of hydrogen-bond acceptors (Lipinski definition) is 4. The Labute approximate surface area is 143 Å². The molecule has 0 aromatic carbocycles. The molecule has 24 heavy (non-hydrogen) atoms. The van der Waals surface area contributed by atoms with Crippen LogP contribution in [-0.2, 0) is 16.1 Å². The number of hydrogen-bond donors (Lipinski definition) is 1. The van der Waals surface area contributed by atoms with E-state index in [2.05, 4.69) is 19.8 Å². The van der Waals surface area contributed by atoms with E-state index in [4.69, 9.17) is 4.74 Å². The summed E-state index contributed by atoms with van der Waals surface area (Å²) in [5.74, 6) is 2.05. The number of likely N-dealkylation sites (tertiary alicyclic amines) is 1. The number of ether oxygens (including phenoxy) is 1. The van der Waals surface area contributed by atoms with E-state index in [1.54, 1.807) is 6.20 Å². The van der Waals surface area contributed by atoms with Crippen LogP contribution in [-0.4, -0.2) is 64.1 Å². The van der Waals surface area contributed by atoms with Crippen LogP contribution in [0.3, 0.4) is 0 Å². The largest absolute Gasteiger partial charge is 0.373 e. The highest BCUT2D eigenvalue weighted by Gasteiger charge is 2.41. The molecular weight excluding hydrogens is 304 g/mol. The van der Waals surface area contributed by atoms with Crippen molar-refractivity contribution >= 4 is 5.91 Å². The Morgan fingerprint density at radius 3 is 2.79 bits per heavy atom. The number of imidazole rings is 1. The predicted octanol–water partition coefficient (Wildman–Crippen LogP) is 1.79. The Morgan fingerprint density at radius 1 is 1.29 bits per heavy atom. The van der Waals surface area contributed by atoms with Crippen LogP contribution in [0.5, 0.6) is 0 Å². The van der Waals surface area contributed by atoms with Gasteiger partial charge in [-0.15, -0.1) is 0 Å². The van der Waals surface area contributed by atoms with Gasteiger partial charge in [0, 0.05) is 38.6 Å². The fourth-order valence-corrected chi connectivity index (χ4v) is 4.15. The van der Waals surface area contributed by atoms with E-state index < -0.39 is 0 Å². The summed E-state index contributed by atoms with van der Waals surface area (Å²) in [4.78, 5) is 24.6. The smallest absolute Gasteiger partial charge is 0.225 e. The van der Waals surface area contributed by atoms with Gasteiger partial charge >= 0.3 is 0 Å². The molecule has 0 atom stereocenters. The average molecular weight is 332 g/mol. The summed E-state index contributed by atoms with van der Waals surface area (Å²) in [5, 5.41) is 0. The molecule has 4 rings (SSSR count). The monoisotopic (exact) mass is 332 g/mol. The number of rotatable bonds is 4. The molecule has 3 aliphatic rings. The van der Waals surface area contributed by atoms with Crippen LogP contribution in [0.4, 0.5) is 0 Å². The second kappa shape index (κ2) is 6.84. The van der Waals surface area contributed by atoms with E-state index >= 15 is 0 Å². The van der Waals surface area contributed by atoms with Gasteiger partial charge in [-0.05, 0) is 31.6 Å². The number of aromatic nitrogens is 2. The molecule has 1 spiro atoms. The standard InChI is InChI=1S/C18H28N4O2/c23-17-12-18(24-11-10-22(17)13-15-2-1-3-15)4-8-21(9-5-18)14-16-19-6-7-20-16/h6-7,15H,1-5,8-14H2,(H,19,20). The van der Waals surface area contributed by atoms with E-state index in [-0.39, 0.29) is 5.60 Å². The summed E-state index contributed by atoms with van der Waals surface area (Å²) in [6.45, 7) is 5.20. The van der Waals surface area contributed by atoms with E-state index in [0.29, 0.717) is 18.9 Å². The molecule has 2 saturated heterocycles. The predicted molar refractivity (Wildman–Crippen MR) is 90.3 cm³/mol. The summed E-state index contributed by atoms with van der Waals surface area (Å²) < 4.78 is 6.24. The lowest BCUT2D eigenvalue weighted by atomic mass is 9.84. The molecule has 1 amide bonds. The lowest BCUT2D eigenvalue weighted by Gasteiger charge is -2.40. The van der Waals surface area contributed by atoms with Gasteiger partial charge in [-0.3, -0.25) is 9.69 Å². The van der Waals surface area contributed by atoms with Crippen molar-refractivity contribution in [2.75, 3.05) is 32.8 Å². The van der Waals surface area contributed by atoms with Crippen molar-refractivity contribution in [2.45, 2.75) is 50.7 Å². The number of carbonyl (C=O) groups is 1. The van der Waals surface area contributed by atoms with Crippen LogP contribution in [0.25, 0.3) is 0 Å². The molecule has 6 heteroatoms. The number of carbonyl (C=O) groups excluding carboxylic acids is 1. The van der Waals surface area contributed by atoms with E-state index in [9.17, 15) is 4.79 Å². The van der Waals surface area contributed by atoms with Gasteiger partial charge < -0.3 is 14.6 Å². The number of nitrogens with zero attached hydrogens (tertiary/aromatic N) is 3. The maximum atomic E-state index is 12.7. The number of piperidine rings is 1. The number of aromatic amines is 1. The topological polar surface area (TPSA) is 61.5 Å². The molecule has 0 unspecified atom stereocenters. The van der Waals surface area contributed by atoms with Crippen molar-refractivity contribution in [3.05, 3.63) is 18.2 Å². The zero-order valence-electron chi connectivity index (χ0n) is 14.4. The highest BCUT2D eigenvalue weighted by atomic mass is 16.5. The summed E-state index contributed by atoms with van der Waals surface area (Å²) >= 11 is 0. The lowest BCUT2D eigenvalue weighted by molar-refractivity contribution is -0.136. The van der Waals surface area contributed by atoms with Crippen LogP contribution in [0.1, 0.15) is 44.3 Å². The molecule has 1 aromatic heterocycles. The zero-order chi connectivity index (χ0) is 16.4. The summed E-state index contributed by atoms with van der Waals surface area (Å²) in [6, 6.07) is 0. The average Bonchev–Trinajstić information content (AvgIpc) is 2.99. The number of H-pyrrole nitrogens is 1. The molecule has 132 valence electrons. The first-order valence-corrected chi connectivity index (χ1v) is 9.35. The maximum absolute atomic E-state index is 12.7. The van der Waals surface area contributed by atoms with Crippen LogP contribution >= 0.6 is 0 Å². The van der Waals surface area contributed by atoms with Gasteiger partial charge in [0.15, 0.2) is 0 Å². The van der Waals surface area contributed by atoms with E-state index in [1.165, 1.54) is 19.3 Å². The van der Waals surface area contributed by atoms with Gasteiger partial charge in [-0.1, -0.05) is 6.42 Å². The normalized spacial score (nSPS) is 25.7. The molecular formula is C18H28N4O2. The van der Waals surface area contributed by atoms with Gasteiger partial charge in [-0.2, -0.15) is 0 Å². The Kier molecular flexibility index (Phi) is 4.59. The summed E-state index contributed by atoms with van der Waals surface area (Å²) in [7, 11) is 0. The van der Waals surface area contributed by atoms with Crippen molar-refractivity contribution in [3.63, 3.8) is 0 Å².